The number of rotatable bonds is 2. The summed E-state index contributed by atoms with van der Waals surface area (Å²) in [4.78, 5) is 4.53. The molecule has 0 radical (unpaired) electrons. The summed E-state index contributed by atoms with van der Waals surface area (Å²) >= 11 is 3.49. The zero-order valence-electron chi connectivity index (χ0n) is 11.2. The number of nitrogens with zero attached hydrogens (tertiary/aromatic N) is 4. The van der Waals surface area contributed by atoms with Crippen LogP contribution in [0.3, 0.4) is 0 Å². The van der Waals surface area contributed by atoms with E-state index in [1.54, 1.807) is 4.52 Å². The van der Waals surface area contributed by atoms with E-state index in [0.29, 0.717) is 18.0 Å². The van der Waals surface area contributed by atoms with Crippen LogP contribution < -0.4 is 5.43 Å². The smallest absolute Gasteiger partial charge is 0.257 e. The molecular formula is C13H18BrN5. The molecule has 1 aliphatic heterocycles. The van der Waals surface area contributed by atoms with Gasteiger partial charge in [-0.05, 0) is 54.8 Å². The summed E-state index contributed by atoms with van der Waals surface area (Å²) < 4.78 is 2.74. The third-order valence-corrected chi connectivity index (χ3v) is 4.36. The van der Waals surface area contributed by atoms with Gasteiger partial charge in [-0.25, -0.2) is 9.52 Å². The minimum Gasteiger partial charge on any atom is -0.285 e. The van der Waals surface area contributed by atoms with E-state index in [2.05, 4.69) is 50.3 Å². The number of anilines is 1. The fraction of sp³-hybridized carbons (Fsp3) is 0.538. The number of pyridine rings is 1. The van der Waals surface area contributed by atoms with Gasteiger partial charge >= 0.3 is 0 Å². The van der Waals surface area contributed by atoms with Gasteiger partial charge in [0.15, 0.2) is 5.65 Å². The maximum Gasteiger partial charge on any atom is 0.257 e. The number of fused-ring (bicyclic) bond motifs is 1. The molecule has 2 unspecified atom stereocenters. The number of nitrogens with one attached hydrogen (secondary N) is 1. The Morgan fingerprint density at radius 1 is 1.32 bits per heavy atom. The molecule has 0 spiro atoms. The number of halogens is 1. The first kappa shape index (κ1) is 12.9. The van der Waals surface area contributed by atoms with Crippen LogP contribution in [0, 0.1) is 0 Å². The molecule has 0 aromatic carbocycles. The molecule has 5 nitrogen and oxygen atoms in total. The van der Waals surface area contributed by atoms with Gasteiger partial charge in [-0.15, -0.1) is 5.10 Å². The van der Waals surface area contributed by atoms with Gasteiger partial charge in [-0.2, -0.15) is 4.98 Å². The molecule has 0 bridgehead atoms. The monoisotopic (exact) mass is 323 g/mol. The predicted molar refractivity (Wildman–Crippen MR) is 78.9 cm³/mol. The third-order valence-electron chi connectivity index (χ3n) is 3.74. The summed E-state index contributed by atoms with van der Waals surface area (Å²) in [6.45, 7) is 4.49. The molecule has 2 aromatic rings. The van der Waals surface area contributed by atoms with Gasteiger partial charge in [0.25, 0.3) is 5.95 Å². The Balaban J connectivity index is 1.86. The normalized spacial score (nSPS) is 24.8. The Morgan fingerprint density at radius 2 is 2.05 bits per heavy atom. The van der Waals surface area contributed by atoms with Crippen LogP contribution in [0.2, 0.25) is 0 Å². The van der Waals surface area contributed by atoms with Gasteiger partial charge in [0.1, 0.15) is 0 Å². The number of hydrogen-bond donors (Lipinski definition) is 1. The largest absolute Gasteiger partial charge is 0.285 e. The van der Waals surface area contributed by atoms with E-state index in [4.69, 9.17) is 0 Å². The van der Waals surface area contributed by atoms with Crippen molar-refractivity contribution < 1.29 is 0 Å². The fourth-order valence-electron chi connectivity index (χ4n) is 2.68. The molecule has 1 saturated heterocycles. The van der Waals surface area contributed by atoms with E-state index >= 15 is 0 Å². The summed E-state index contributed by atoms with van der Waals surface area (Å²) in [6, 6.07) is 4.94. The topological polar surface area (TPSA) is 45.5 Å². The molecule has 1 N–H and O–H groups in total. The second-order valence-electron chi connectivity index (χ2n) is 5.21. The summed E-state index contributed by atoms with van der Waals surface area (Å²) in [5.74, 6) is 0.660. The van der Waals surface area contributed by atoms with Crippen molar-refractivity contribution in [2.24, 2.45) is 0 Å². The number of hydrogen-bond acceptors (Lipinski definition) is 4. The lowest BCUT2D eigenvalue weighted by Crippen LogP contribution is -2.47. The van der Waals surface area contributed by atoms with Gasteiger partial charge in [0.2, 0.25) is 0 Å². The van der Waals surface area contributed by atoms with Crippen LogP contribution in [0.15, 0.2) is 22.8 Å². The van der Waals surface area contributed by atoms with Crippen molar-refractivity contribution in [3.63, 3.8) is 0 Å². The summed E-state index contributed by atoms with van der Waals surface area (Å²) in [7, 11) is 0. The highest BCUT2D eigenvalue weighted by atomic mass is 79.9. The van der Waals surface area contributed by atoms with E-state index in [-0.39, 0.29) is 0 Å². The van der Waals surface area contributed by atoms with E-state index < -0.39 is 0 Å². The zero-order chi connectivity index (χ0) is 13.4. The molecule has 1 fully saturated rings. The van der Waals surface area contributed by atoms with Crippen LogP contribution in [0.4, 0.5) is 5.95 Å². The van der Waals surface area contributed by atoms with Crippen LogP contribution in [0.5, 0.6) is 0 Å². The zero-order valence-corrected chi connectivity index (χ0v) is 12.8. The van der Waals surface area contributed by atoms with E-state index in [0.717, 1.165) is 10.1 Å². The summed E-state index contributed by atoms with van der Waals surface area (Å²) in [6.07, 6.45) is 5.63. The minimum absolute atomic E-state index is 0.513. The van der Waals surface area contributed by atoms with Crippen molar-refractivity contribution in [2.75, 3.05) is 5.43 Å². The lowest BCUT2D eigenvalue weighted by atomic mass is 10.00. The molecule has 0 aliphatic carbocycles. The lowest BCUT2D eigenvalue weighted by molar-refractivity contribution is 0.134. The van der Waals surface area contributed by atoms with Crippen LogP contribution in [0.1, 0.15) is 33.1 Å². The fourth-order valence-corrected chi connectivity index (χ4v) is 3.10. The molecule has 6 heteroatoms. The molecular weight excluding hydrogens is 306 g/mol. The first-order valence-corrected chi connectivity index (χ1v) is 7.50. The molecule has 0 saturated carbocycles. The molecule has 19 heavy (non-hydrogen) atoms. The molecule has 2 atom stereocenters. The lowest BCUT2D eigenvalue weighted by Gasteiger charge is -2.38. The standard InChI is InChI=1S/C13H18BrN5/c1-9-5-3-6-10(2)19(9)17-13-15-12-11(14)7-4-8-18(12)16-13/h4,7-10H,3,5-6H2,1-2H3,(H,16,17). The first-order chi connectivity index (χ1) is 9.15. The molecule has 3 rings (SSSR count). The van der Waals surface area contributed by atoms with Crippen LogP contribution in [-0.2, 0) is 0 Å². The second-order valence-corrected chi connectivity index (χ2v) is 6.06. The first-order valence-electron chi connectivity index (χ1n) is 6.71. The molecule has 3 heterocycles. The van der Waals surface area contributed by atoms with Crippen LogP contribution in [0.25, 0.3) is 5.65 Å². The number of hydrazine groups is 1. The Bertz CT molecular complexity index is 571. The predicted octanol–water partition coefficient (Wildman–Crippen LogP) is 3.08. The maximum atomic E-state index is 4.53. The van der Waals surface area contributed by atoms with Gasteiger partial charge in [0.05, 0.1) is 4.47 Å². The molecule has 2 aromatic heterocycles. The maximum absolute atomic E-state index is 4.53. The van der Waals surface area contributed by atoms with Gasteiger partial charge in [0, 0.05) is 18.3 Å². The van der Waals surface area contributed by atoms with Gasteiger partial charge in [-0.3, -0.25) is 5.43 Å². The second kappa shape index (κ2) is 5.09. The SMILES string of the molecule is CC1CCCC(C)N1Nc1nc2c(Br)cccn2n1. The van der Waals surface area contributed by atoms with E-state index in [1.807, 2.05) is 18.3 Å². The molecule has 1 aliphatic rings. The average molecular weight is 324 g/mol. The Labute approximate surface area is 121 Å². The van der Waals surface area contributed by atoms with Gasteiger partial charge < -0.3 is 0 Å². The van der Waals surface area contributed by atoms with Crippen molar-refractivity contribution in [3.05, 3.63) is 22.8 Å². The van der Waals surface area contributed by atoms with Crippen LogP contribution >= 0.6 is 15.9 Å². The van der Waals surface area contributed by atoms with E-state index in [9.17, 15) is 0 Å². The van der Waals surface area contributed by atoms with Crippen molar-refractivity contribution in [1.29, 1.82) is 0 Å². The molecule has 102 valence electrons. The number of piperidine rings is 1. The van der Waals surface area contributed by atoms with Crippen LogP contribution in [-0.4, -0.2) is 31.7 Å². The molecule has 0 amide bonds. The Kier molecular flexibility index (Phi) is 3.45. The summed E-state index contributed by atoms with van der Waals surface area (Å²) in [5, 5.41) is 6.73. The Morgan fingerprint density at radius 3 is 2.74 bits per heavy atom. The van der Waals surface area contributed by atoms with Crippen molar-refractivity contribution in [2.45, 2.75) is 45.2 Å². The van der Waals surface area contributed by atoms with Crippen molar-refractivity contribution in [3.8, 4) is 0 Å². The van der Waals surface area contributed by atoms with E-state index in [1.165, 1.54) is 19.3 Å². The van der Waals surface area contributed by atoms with Crippen molar-refractivity contribution in [1.82, 2.24) is 19.6 Å². The average Bonchev–Trinajstić information content (AvgIpc) is 2.78. The Hall–Kier alpha value is -1.14. The number of aromatic nitrogens is 3. The van der Waals surface area contributed by atoms with Crippen molar-refractivity contribution >= 4 is 27.5 Å². The minimum atomic E-state index is 0.513. The quantitative estimate of drug-likeness (QED) is 0.922. The summed E-state index contributed by atoms with van der Waals surface area (Å²) in [5.41, 5.74) is 4.20. The highest BCUT2D eigenvalue weighted by molar-refractivity contribution is 9.10. The highest BCUT2D eigenvalue weighted by Crippen LogP contribution is 2.23. The highest BCUT2D eigenvalue weighted by Gasteiger charge is 2.25. The third kappa shape index (κ3) is 2.47. The van der Waals surface area contributed by atoms with Gasteiger partial charge in [-0.1, -0.05) is 6.42 Å².